The van der Waals surface area contributed by atoms with E-state index in [-0.39, 0.29) is 5.75 Å². The van der Waals surface area contributed by atoms with Gasteiger partial charge in [0.05, 0.1) is 31.8 Å². The molecular weight excluding hydrogens is 437 g/mol. The van der Waals surface area contributed by atoms with Crippen LogP contribution in [0.1, 0.15) is 61.2 Å². The molecule has 172 valence electrons. The summed E-state index contributed by atoms with van der Waals surface area (Å²) in [7, 11) is -2.88. The van der Waals surface area contributed by atoms with E-state index in [0.717, 1.165) is 35.6 Å². The Morgan fingerprint density at radius 2 is 1.84 bits per heavy atom. The SMILES string of the molecule is C=C(CC)c1ncc(C2(C#N)CC2)cc1S(=N)(=O)CC.Cc1cnc(C(F)(F)F)cc1C. The Morgan fingerprint density at radius 3 is 2.28 bits per heavy atom. The molecule has 5 nitrogen and oxygen atoms in total. The molecule has 1 saturated carbocycles. The van der Waals surface area contributed by atoms with E-state index in [1.165, 1.54) is 6.20 Å². The van der Waals surface area contributed by atoms with Gasteiger partial charge >= 0.3 is 6.18 Å². The molecule has 0 saturated heterocycles. The van der Waals surface area contributed by atoms with Crippen molar-refractivity contribution in [2.24, 2.45) is 0 Å². The third kappa shape index (κ3) is 5.54. The monoisotopic (exact) mass is 464 g/mol. The molecule has 0 amide bonds. The van der Waals surface area contributed by atoms with E-state index in [1.54, 1.807) is 33.0 Å². The van der Waals surface area contributed by atoms with Crippen LogP contribution in [0, 0.1) is 30.0 Å². The average Bonchev–Trinajstić information content (AvgIpc) is 3.55. The lowest BCUT2D eigenvalue weighted by atomic mass is 9.99. The second kappa shape index (κ2) is 9.41. The first-order valence-corrected chi connectivity index (χ1v) is 11.9. The van der Waals surface area contributed by atoms with Crippen molar-refractivity contribution >= 4 is 15.3 Å². The van der Waals surface area contributed by atoms with Crippen molar-refractivity contribution in [3.05, 3.63) is 59.2 Å². The molecule has 1 atom stereocenters. The summed E-state index contributed by atoms with van der Waals surface area (Å²) in [6.45, 7) is 11.0. The van der Waals surface area contributed by atoms with Crippen molar-refractivity contribution in [2.75, 3.05) is 5.75 Å². The van der Waals surface area contributed by atoms with Crippen molar-refractivity contribution in [1.82, 2.24) is 9.97 Å². The van der Waals surface area contributed by atoms with Gasteiger partial charge in [-0.1, -0.05) is 20.4 Å². The number of nitrogens with one attached hydrogen (secondary N) is 1. The fourth-order valence-corrected chi connectivity index (χ4v) is 4.05. The van der Waals surface area contributed by atoms with Crippen LogP contribution in [0.4, 0.5) is 13.2 Å². The van der Waals surface area contributed by atoms with Gasteiger partial charge in [0.2, 0.25) is 0 Å². The smallest absolute Gasteiger partial charge is 0.255 e. The molecule has 2 aromatic rings. The quantitative estimate of drug-likeness (QED) is 0.570. The van der Waals surface area contributed by atoms with E-state index in [0.29, 0.717) is 22.6 Å². The van der Waals surface area contributed by atoms with Crippen molar-refractivity contribution in [1.29, 1.82) is 10.0 Å². The minimum absolute atomic E-state index is 0.238. The fourth-order valence-electron chi connectivity index (χ4n) is 2.92. The van der Waals surface area contributed by atoms with E-state index in [4.69, 9.17) is 4.78 Å². The summed E-state index contributed by atoms with van der Waals surface area (Å²) in [5, 5.41) is 9.27. The molecule has 0 aliphatic heterocycles. The molecule has 1 aliphatic rings. The number of alkyl halides is 3. The molecule has 0 spiro atoms. The maximum Gasteiger partial charge on any atom is 0.433 e. The summed E-state index contributed by atoms with van der Waals surface area (Å²) < 4.78 is 56.7. The molecule has 0 radical (unpaired) electrons. The molecule has 32 heavy (non-hydrogen) atoms. The van der Waals surface area contributed by atoms with E-state index in [1.807, 2.05) is 6.92 Å². The standard InChI is InChI=1S/C15H19N3OS.C8H8F3N/c1-4-11(3)14-13(20(17,19)5-2)8-12(9-18-14)15(10-16)6-7-15;1-5-3-7(8(9,10)11)12-4-6(5)2/h8-9,17H,3-7H2,1-2H3;3-4H,1-2H3. The van der Waals surface area contributed by atoms with Gasteiger partial charge in [0, 0.05) is 18.1 Å². The van der Waals surface area contributed by atoms with E-state index >= 15 is 0 Å². The summed E-state index contributed by atoms with van der Waals surface area (Å²) in [4.78, 5) is 8.09. The predicted octanol–water partition coefficient (Wildman–Crippen LogP) is 6.20. The molecule has 0 bridgehead atoms. The molecule has 2 aromatic heterocycles. The molecule has 0 aromatic carbocycles. The largest absolute Gasteiger partial charge is 0.433 e. The number of aromatic nitrogens is 2. The van der Waals surface area contributed by atoms with Crippen LogP contribution in [-0.2, 0) is 21.3 Å². The lowest BCUT2D eigenvalue weighted by molar-refractivity contribution is -0.141. The fraction of sp³-hybridized carbons (Fsp3) is 0.435. The number of nitriles is 1. The van der Waals surface area contributed by atoms with Crippen LogP contribution in [-0.4, -0.2) is 19.9 Å². The molecule has 1 N–H and O–H groups in total. The van der Waals surface area contributed by atoms with Crippen molar-refractivity contribution in [3.63, 3.8) is 0 Å². The number of pyridine rings is 2. The predicted molar refractivity (Wildman–Crippen MR) is 118 cm³/mol. The summed E-state index contributed by atoms with van der Waals surface area (Å²) >= 11 is 0. The van der Waals surface area contributed by atoms with Crippen LogP contribution in [0.25, 0.3) is 5.57 Å². The highest BCUT2D eigenvalue weighted by Crippen LogP contribution is 2.48. The Balaban J connectivity index is 0.000000258. The minimum Gasteiger partial charge on any atom is -0.255 e. The third-order valence-electron chi connectivity index (χ3n) is 5.56. The van der Waals surface area contributed by atoms with Crippen LogP contribution in [0.5, 0.6) is 0 Å². The lowest BCUT2D eigenvalue weighted by Gasteiger charge is -2.15. The van der Waals surface area contributed by atoms with Crippen molar-refractivity contribution in [3.8, 4) is 6.07 Å². The number of aryl methyl sites for hydroxylation is 2. The molecule has 1 fully saturated rings. The van der Waals surface area contributed by atoms with Gasteiger partial charge in [-0.25, -0.2) is 8.99 Å². The highest BCUT2D eigenvalue weighted by atomic mass is 32.2. The summed E-state index contributed by atoms with van der Waals surface area (Å²) in [6, 6.07) is 5.11. The zero-order valence-corrected chi connectivity index (χ0v) is 19.5. The first-order valence-electron chi connectivity index (χ1n) is 10.2. The van der Waals surface area contributed by atoms with E-state index < -0.39 is 27.0 Å². The van der Waals surface area contributed by atoms with Crippen molar-refractivity contribution in [2.45, 2.75) is 63.4 Å². The van der Waals surface area contributed by atoms with E-state index in [9.17, 15) is 22.6 Å². The van der Waals surface area contributed by atoms with Gasteiger partial charge in [0.15, 0.2) is 0 Å². The maximum absolute atomic E-state index is 12.5. The first-order chi connectivity index (χ1) is 14.8. The molecular formula is C23H27F3N4OS. The highest BCUT2D eigenvalue weighted by molar-refractivity contribution is 7.92. The molecule has 3 rings (SSSR count). The topological polar surface area (TPSA) is 90.5 Å². The van der Waals surface area contributed by atoms with Gasteiger partial charge in [0.25, 0.3) is 0 Å². The summed E-state index contributed by atoms with van der Waals surface area (Å²) in [5.41, 5.74) is 2.20. The Morgan fingerprint density at radius 1 is 1.22 bits per heavy atom. The third-order valence-corrected chi connectivity index (χ3v) is 7.39. The molecule has 1 unspecified atom stereocenters. The zero-order valence-electron chi connectivity index (χ0n) is 18.6. The number of nitrogens with zero attached hydrogens (tertiary/aromatic N) is 3. The van der Waals surface area contributed by atoms with Gasteiger partial charge in [-0.3, -0.25) is 9.97 Å². The number of hydrogen-bond donors (Lipinski definition) is 1. The van der Waals surface area contributed by atoms with Gasteiger partial charge < -0.3 is 0 Å². The second-order valence-electron chi connectivity index (χ2n) is 7.84. The highest BCUT2D eigenvalue weighted by Gasteiger charge is 2.45. The maximum atomic E-state index is 12.5. The lowest BCUT2D eigenvalue weighted by Crippen LogP contribution is -2.11. The average molecular weight is 465 g/mol. The zero-order chi connectivity index (χ0) is 24.3. The summed E-state index contributed by atoms with van der Waals surface area (Å²) in [5.74, 6) is 0.238. The molecule has 2 heterocycles. The van der Waals surface area contributed by atoms with Crippen molar-refractivity contribution < 1.29 is 17.4 Å². The Bertz CT molecular complexity index is 1160. The van der Waals surface area contributed by atoms with Crippen LogP contribution < -0.4 is 0 Å². The van der Waals surface area contributed by atoms with Gasteiger partial charge in [-0.2, -0.15) is 18.4 Å². The Kier molecular flexibility index (Phi) is 7.51. The Labute approximate surface area is 187 Å². The van der Waals surface area contributed by atoms with Gasteiger partial charge in [-0.15, -0.1) is 0 Å². The van der Waals surface area contributed by atoms with E-state index in [2.05, 4.69) is 22.6 Å². The number of halogens is 3. The van der Waals surface area contributed by atoms with Crippen LogP contribution >= 0.6 is 0 Å². The van der Waals surface area contributed by atoms with Gasteiger partial charge in [-0.05, 0) is 67.5 Å². The number of hydrogen-bond acceptors (Lipinski definition) is 5. The normalized spacial score (nSPS) is 16.2. The number of rotatable bonds is 5. The Hall–Kier alpha value is -2.73. The molecule has 9 heteroatoms. The van der Waals surface area contributed by atoms with Crippen LogP contribution in [0.3, 0.4) is 0 Å². The summed E-state index contributed by atoms with van der Waals surface area (Å²) in [6.07, 6.45) is 0.897. The molecule has 1 aliphatic carbocycles. The van der Waals surface area contributed by atoms with Crippen LogP contribution in [0.2, 0.25) is 0 Å². The first kappa shape index (κ1) is 25.5. The van der Waals surface area contributed by atoms with Crippen LogP contribution in [0.15, 0.2) is 36.0 Å². The van der Waals surface area contributed by atoms with Gasteiger partial charge in [0.1, 0.15) is 5.69 Å². The minimum atomic E-state index is -4.33. The second-order valence-corrected chi connectivity index (χ2v) is 10.2. The number of allylic oxidation sites excluding steroid dienone is 1.